The monoisotopic (exact) mass is 292 g/mol. The first-order valence-corrected chi connectivity index (χ1v) is 6.75. The molecule has 0 spiro atoms. The zero-order valence-electron chi connectivity index (χ0n) is 10.6. The number of anilines is 1. The summed E-state index contributed by atoms with van der Waals surface area (Å²) < 4.78 is 12.1. The van der Waals surface area contributed by atoms with E-state index in [1.807, 2.05) is 6.07 Å². The number of rotatable bonds is 2. The summed E-state index contributed by atoms with van der Waals surface area (Å²) in [5.41, 5.74) is 7.47. The minimum Gasteiger partial charge on any atom is -0.454 e. The topological polar surface area (TPSA) is 88.3 Å². The van der Waals surface area contributed by atoms with E-state index in [1.165, 1.54) is 4.68 Å². The van der Waals surface area contributed by atoms with Gasteiger partial charge in [0.2, 0.25) is 6.79 Å². The van der Waals surface area contributed by atoms with E-state index in [2.05, 4.69) is 4.98 Å². The zero-order chi connectivity index (χ0) is 13.9. The standard InChI is InChI=1S/C13H13ClN4O2/c14-8-3-7(4-9-11(8)20-5-19-9)10-12(15)18(16)13(17-10)6-1-2-6/h3-4,6H,1-2,5,15-16H2. The maximum absolute atomic E-state index is 6.19. The van der Waals surface area contributed by atoms with E-state index < -0.39 is 0 Å². The minimum atomic E-state index is 0.173. The number of ether oxygens (including phenoxy) is 2. The van der Waals surface area contributed by atoms with E-state index in [1.54, 1.807) is 6.07 Å². The van der Waals surface area contributed by atoms with Crippen molar-refractivity contribution >= 4 is 17.4 Å². The normalized spacial score (nSPS) is 16.6. The van der Waals surface area contributed by atoms with Gasteiger partial charge in [-0.2, -0.15) is 0 Å². The van der Waals surface area contributed by atoms with Crippen molar-refractivity contribution in [3.63, 3.8) is 0 Å². The molecule has 2 aromatic rings. The predicted octanol–water partition coefficient (Wildman–Crippen LogP) is 2.11. The molecule has 0 radical (unpaired) electrons. The van der Waals surface area contributed by atoms with E-state index in [0.29, 0.717) is 34.0 Å². The Bertz CT molecular complexity index is 709. The van der Waals surface area contributed by atoms with Gasteiger partial charge in [-0.1, -0.05) is 11.6 Å². The maximum atomic E-state index is 6.19. The molecule has 4 rings (SSSR count). The molecule has 1 aromatic heterocycles. The zero-order valence-corrected chi connectivity index (χ0v) is 11.4. The van der Waals surface area contributed by atoms with Crippen molar-refractivity contribution < 1.29 is 9.47 Å². The first kappa shape index (κ1) is 11.7. The van der Waals surface area contributed by atoms with Crippen LogP contribution in [0.2, 0.25) is 5.02 Å². The highest BCUT2D eigenvalue weighted by molar-refractivity contribution is 6.32. The lowest BCUT2D eigenvalue weighted by Crippen LogP contribution is -2.14. The fourth-order valence-electron chi connectivity index (χ4n) is 2.41. The van der Waals surface area contributed by atoms with Gasteiger partial charge in [-0.25, -0.2) is 9.66 Å². The van der Waals surface area contributed by atoms with Crippen LogP contribution in [0.1, 0.15) is 24.6 Å². The van der Waals surface area contributed by atoms with Gasteiger partial charge in [0.15, 0.2) is 17.3 Å². The molecule has 7 heteroatoms. The molecule has 0 amide bonds. The largest absolute Gasteiger partial charge is 0.454 e. The summed E-state index contributed by atoms with van der Waals surface area (Å²) >= 11 is 6.19. The third-order valence-electron chi connectivity index (χ3n) is 3.62. The highest BCUT2D eigenvalue weighted by atomic mass is 35.5. The fourth-order valence-corrected chi connectivity index (χ4v) is 2.67. The Hall–Kier alpha value is -2.08. The molecule has 20 heavy (non-hydrogen) atoms. The van der Waals surface area contributed by atoms with E-state index in [-0.39, 0.29) is 6.79 Å². The van der Waals surface area contributed by atoms with E-state index in [0.717, 1.165) is 24.2 Å². The van der Waals surface area contributed by atoms with Crippen LogP contribution in [-0.2, 0) is 0 Å². The molecule has 1 aromatic carbocycles. The molecular formula is C13H13ClN4O2. The molecule has 0 atom stereocenters. The Morgan fingerprint density at radius 1 is 1.30 bits per heavy atom. The van der Waals surface area contributed by atoms with Crippen molar-refractivity contribution in [1.82, 2.24) is 9.66 Å². The van der Waals surface area contributed by atoms with Crippen LogP contribution in [0, 0.1) is 0 Å². The lowest BCUT2D eigenvalue weighted by molar-refractivity contribution is 0.174. The Morgan fingerprint density at radius 3 is 2.85 bits per heavy atom. The first-order valence-electron chi connectivity index (χ1n) is 6.38. The number of nitrogen functional groups attached to an aromatic ring is 2. The summed E-state index contributed by atoms with van der Waals surface area (Å²) in [6.07, 6.45) is 2.21. The van der Waals surface area contributed by atoms with Crippen LogP contribution in [0.5, 0.6) is 11.5 Å². The van der Waals surface area contributed by atoms with Gasteiger partial charge in [0.05, 0.1) is 5.02 Å². The summed E-state index contributed by atoms with van der Waals surface area (Å²) in [6.45, 7) is 0.173. The number of hydrogen-bond acceptors (Lipinski definition) is 5. The summed E-state index contributed by atoms with van der Waals surface area (Å²) in [4.78, 5) is 4.57. The van der Waals surface area contributed by atoms with Crippen molar-refractivity contribution in [3.05, 3.63) is 23.0 Å². The van der Waals surface area contributed by atoms with Crippen molar-refractivity contribution in [2.45, 2.75) is 18.8 Å². The van der Waals surface area contributed by atoms with Gasteiger partial charge >= 0.3 is 0 Å². The lowest BCUT2D eigenvalue weighted by atomic mass is 10.1. The third-order valence-corrected chi connectivity index (χ3v) is 3.90. The molecule has 1 fully saturated rings. The molecule has 0 bridgehead atoms. The highest BCUT2D eigenvalue weighted by Gasteiger charge is 2.31. The molecule has 4 N–H and O–H groups in total. The number of aromatic nitrogens is 2. The van der Waals surface area contributed by atoms with Gasteiger partial charge in [-0.05, 0) is 25.0 Å². The van der Waals surface area contributed by atoms with E-state index >= 15 is 0 Å². The van der Waals surface area contributed by atoms with Gasteiger partial charge < -0.3 is 21.1 Å². The number of nitrogens with two attached hydrogens (primary N) is 2. The molecule has 0 unspecified atom stereocenters. The first-order chi connectivity index (χ1) is 9.65. The fraction of sp³-hybridized carbons (Fsp3) is 0.308. The number of imidazole rings is 1. The SMILES string of the molecule is Nc1c(-c2cc(Cl)c3c(c2)OCO3)nc(C2CC2)n1N. The smallest absolute Gasteiger partial charge is 0.231 e. The molecule has 0 saturated heterocycles. The van der Waals surface area contributed by atoms with Gasteiger partial charge in [0.25, 0.3) is 0 Å². The number of benzene rings is 1. The van der Waals surface area contributed by atoms with Crippen molar-refractivity contribution in [3.8, 4) is 22.8 Å². The van der Waals surface area contributed by atoms with Crippen LogP contribution in [-0.4, -0.2) is 16.5 Å². The van der Waals surface area contributed by atoms with Crippen LogP contribution in [0.25, 0.3) is 11.3 Å². The number of halogens is 1. The van der Waals surface area contributed by atoms with E-state index in [4.69, 9.17) is 32.7 Å². The second kappa shape index (κ2) is 3.96. The van der Waals surface area contributed by atoms with Crippen LogP contribution in [0.3, 0.4) is 0 Å². The van der Waals surface area contributed by atoms with E-state index in [9.17, 15) is 0 Å². The number of fused-ring (bicyclic) bond motifs is 1. The van der Waals surface area contributed by atoms with Crippen LogP contribution < -0.4 is 21.1 Å². The highest BCUT2D eigenvalue weighted by Crippen LogP contribution is 2.45. The molecule has 2 aliphatic rings. The molecule has 1 aliphatic carbocycles. The number of hydrogen-bond donors (Lipinski definition) is 2. The summed E-state index contributed by atoms with van der Waals surface area (Å²) in [7, 11) is 0. The quantitative estimate of drug-likeness (QED) is 0.828. The Labute approximate surface area is 120 Å². The van der Waals surface area contributed by atoms with Crippen LogP contribution in [0.4, 0.5) is 5.82 Å². The minimum absolute atomic E-state index is 0.173. The summed E-state index contributed by atoms with van der Waals surface area (Å²) in [6, 6.07) is 3.59. The molecule has 1 aliphatic heterocycles. The Balaban J connectivity index is 1.85. The van der Waals surface area contributed by atoms with Gasteiger partial charge in [-0.15, -0.1) is 0 Å². The average molecular weight is 293 g/mol. The second-order valence-electron chi connectivity index (χ2n) is 5.04. The van der Waals surface area contributed by atoms with Crippen molar-refractivity contribution in [1.29, 1.82) is 0 Å². The average Bonchev–Trinajstić information content (AvgIpc) is 3.07. The van der Waals surface area contributed by atoms with Gasteiger partial charge in [-0.3, -0.25) is 0 Å². The molecule has 2 heterocycles. The van der Waals surface area contributed by atoms with Gasteiger partial charge in [0, 0.05) is 11.5 Å². The maximum Gasteiger partial charge on any atom is 0.231 e. The lowest BCUT2D eigenvalue weighted by Gasteiger charge is -2.04. The summed E-state index contributed by atoms with van der Waals surface area (Å²) in [5, 5.41) is 0.481. The summed E-state index contributed by atoms with van der Waals surface area (Å²) in [5.74, 6) is 8.81. The molecule has 6 nitrogen and oxygen atoms in total. The second-order valence-corrected chi connectivity index (χ2v) is 5.45. The van der Waals surface area contributed by atoms with Gasteiger partial charge in [0.1, 0.15) is 11.5 Å². The van der Waals surface area contributed by atoms with Crippen molar-refractivity contribution in [2.24, 2.45) is 0 Å². The van der Waals surface area contributed by atoms with Crippen molar-refractivity contribution in [2.75, 3.05) is 18.4 Å². The Kier molecular flexibility index (Phi) is 2.32. The predicted molar refractivity (Wildman–Crippen MR) is 75.3 cm³/mol. The van der Waals surface area contributed by atoms with Crippen LogP contribution >= 0.6 is 11.6 Å². The third kappa shape index (κ3) is 1.61. The molecular weight excluding hydrogens is 280 g/mol. The molecule has 1 saturated carbocycles. The van der Waals surface area contributed by atoms with Crippen LogP contribution in [0.15, 0.2) is 12.1 Å². The Morgan fingerprint density at radius 2 is 2.10 bits per heavy atom. The number of nitrogens with zero attached hydrogens (tertiary/aromatic N) is 2. The molecule has 104 valence electrons.